The SMILES string of the molecule is COc1ccc2[nH]cc(C3CCN(C(=O)Cc4ccc5ccccc5c4)CC3)c2c1. The lowest BCUT2D eigenvalue weighted by Crippen LogP contribution is -2.38. The second-order valence-electron chi connectivity index (χ2n) is 8.17. The van der Waals surface area contributed by atoms with Crippen molar-refractivity contribution >= 4 is 27.6 Å². The van der Waals surface area contributed by atoms with E-state index in [1.807, 2.05) is 23.1 Å². The molecule has 1 N–H and O–H groups in total. The molecule has 0 unspecified atom stereocenters. The molecule has 0 atom stereocenters. The molecule has 0 radical (unpaired) electrons. The van der Waals surface area contributed by atoms with Gasteiger partial charge in [0.2, 0.25) is 5.91 Å². The Morgan fingerprint density at radius 3 is 2.63 bits per heavy atom. The molecule has 5 rings (SSSR count). The lowest BCUT2D eigenvalue weighted by molar-refractivity contribution is -0.131. The highest BCUT2D eigenvalue weighted by molar-refractivity contribution is 5.86. The number of amides is 1. The first-order chi connectivity index (χ1) is 14.7. The lowest BCUT2D eigenvalue weighted by Gasteiger charge is -2.32. The van der Waals surface area contributed by atoms with E-state index in [0.29, 0.717) is 12.3 Å². The number of hydrogen-bond acceptors (Lipinski definition) is 2. The predicted molar refractivity (Wildman–Crippen MR) is 121 cm³/mol. The summed E-state index contributed by atoms with van der Waals surface area (Å²) in [4.78, 5) is 18.3. The van der Waals surface area contributed by atoms with Crippen molar-refractivity contribution in [2.24, 2.45) is 0 Å². The Hall–Kier alpha value is -3.27. The van der Waals surface area contributed by atoms with E-state index >= 15 is 0 Å². The van der Waals surface area contributed by atoms with Crippen LogP contribution in [0.25, 0.3) is 21.7 Å². The molecule has 0 bridgehead atoms. The van der Waals surface area contributed by atoms with Gasteiger partial charge < -0.3 is 14.6 Å². The maximum absolute atomic E-state index is 12.9. The molecule has 4 heteroatoms. The zero-order valence-corrected chi connectivity index (χ0v) is 17.2. The summed E-state index contributed by atoms with van der Waals surface area (Å²) < 4.78 is 5.40. The van der Waals surface area contributed by atoms with Crippen LogP contribution in [0.1, 0.15) is 29.9 Å². The van der Waals surface area contributed by atoms with Crippen molar-refractivity contribution in [1.29, 1.82) is 0 Å². The third kappa shape index (κ3) is 3.54. The number of nitrogens with zero attached hydrogens (tertiary/aromatic N) is 1. The largest absolute Gasteiger partial charge is 0.497 e. The van der Waals surface area contributed by atoms with Crippen LogP contribution in [0.4, 0.5) is 0 Å². The van der Waals surface area contributed by atoms with Crippen molar-refractivity contribution in [2.75, 3.05) is 20.2 Å². The monoisotopic (exact) mass is 398 g/mol. The quantitative estimate of drug-likeness (QED) is 0.508. The number of benzene rings is 3. The number of carbonyl (C=O) groups is 1. The van der Waals surface area contributed by atoms with Gasteiger partial charge in [-0.2, -0.15) is 0 Å². The van der Waals surface area contributed by atoms with Gasteiger partial charge in [-0.25, -0.2) is 0 Å². The minimum atomic E-state index is 0.226. The van der Waals surface area contributed by atoms with E-state index in [9.17, 15) is 4.79 Å². The number of piperidine rings is 1. The average molecular weight is 399 g/mol. The molecule has 1 aliphatic heterocycles. The fraction of sp³-hybridized carbons (Fsp3) is 0.269. The van der Waals surface area contributed by atoms with Crippen LogP contribution >= 0.6 is 0 Å². The van der Waals surface area contributed by atoms with Crippen LogP contribution in [0, 0.1) is 0 Å². The molecule has 0 saturated carbocycles. The number of nitrogens with one attached hydrogen (secondary N) is 1. The highest BCUT2D eigenvalue weighted by Crippen LogP contribution is 2.34. The number of carbonyl (C=O) groups excluding carboxylic acids is 1. The Bertz CT molecular complexity index is 1200. The summed E-state index contributed by atoms with van der Waals surface area (Å²) >= 11 is 0. The van der Waals surface area contributed by atoms with Gasteiger partial charge in [-0.1, -0.05) is 42.5 Å². The van der Waals surface area contributed by atoms with Gasteiger partial charge in [-0.05, 0) is 58.9 Å². The number of H-pyrrole nitrogens is 1. The van der Waals surface area contributed by atoms with Gasteiger partial charge in [-0.3, -0.25) is 4.79 Å². The summed E-state index contributed by atoms with van der Waals surface area (Å²) in [5.74, 6) is 1.58. The number of ether oxygens (including phenoxy) is 1. The molecule has 4 nitrogen and oxygen atoms in total. The molecule has 0 aliphatic carbocycles. The van der Waals surface area contributed by atoms with Gasteiger partial charge in [0.15, 0.2) is 0 Å². The second-order valence-corrected chi connectivity index (χ2v) is 8.17. The molecular formula is C26H26N2O2. The van der Waals surface area contributed by atoms with E-state index in [1.165, 1.54) is 21.7 Å². The second kappa shape index (κ2) is 7.86. The molecule has 152 valence electrons. The van der Waals surface area contributed by atoms with E-state index in [0.717, 1.165) is 42.8 Å². The van der Waals surface area contributed by atoms with Gasteiger partial charge in [-0.15, -0.1) is 0 Å². The smallest absolute Gasteiger partial charge is 0.226 e. The summed E-state index contributed by atoms with van der Waals surface area (Å²) in [5, 5.41) is 3.64. The summed E-state index contributed by atoms with van der Waals surface area (Å²) in [6, 6.07) is 20.8. The van der Waals surface area contributed by atoms with Gasteiger partial charge >= 0.3 is 0 Å². The van der Waals surface area contributed by atoms with Gasteiger partial charge in [0, 0.05) is 30.2 Å². The molecule has 3 aromatic carbocycles. The normalized spacial score (nSPS) is 15.0. The molecule has 4 aromatic rings. The fourth-order valence-electron chi connectivity index (χ4n) is 4.66. The Kier molecular flexibility index (Phi) is 4.91. The molecular weight excluding hydrogens is 372 g/mol. The molecule has 0 spiro atoms. The number of rotatable bonds is 4. The highest BCUT2D eigenvalue weighted by atomic mass is 16.5. The number of methoxy groups -OCH3 is 1. The van der Waals surface area contributed by atoms with Crippen molar-refractivity contribution in [3.63, 3.8) is 0 Å². The maximum Gasteiger partial charge on any atom is 0.226 e. The first-order valence-electron chi connectivity index (χ1n) is 10.6. The molecule has 2 heterocycles. The fourth-order valence-corrected chi connectivity index (χ4v) is 4.66. The zero-order chi connectivity index (χ0) is 20.5. The van der Waals surface area contributed by atoms with Gasteiger partial charge in [0.05, 0.1) is 13.5 Å². The van der Waals surface area contributed by atoms with E-state index in [2.05, 4.69) is 53.6 Å². The minimum Gasteiger partial charge on any atom is -0.497 e. The summed E-state index contributed by atoms with van der Waals surface area (Å²) in [5.41, 5.74) is 3.57. The topological polar surface area (TPSA) is 45.3 Å². The van der Waals surface area contributed by atoms with Crippen molar-refractivity contribution < 1.29 is 9.53 Å². The van der Waals surface area contributed by atoms with Crippen LogP contribution in [0.2, 0.25) is 0 Å². The van der Waals surface area contributed by atoms with E-state index in [4.69, 9.17) is 4.74 Å². The van der Waals surface area contributed by atoms with Crippen molar-refractivity contribution in [1.82, 2.24) is 9.88 Å². The number of fused-ring (bicyclic) bond motifs is 2. The molecule has 1 amide bonds. The zero-order valence-electron chi connectivity index (χ0n) is 17.2. The van der Waals surface area contributed by atoms with Crippen molar-refractivity contribution in [3.05, 3.63) is 78.0 Å². The molecule has 30 heavy (non-hydrogen) atoms. The van der Waals surface area contributed by atoms with Crippen LogP contribution in [0.15, 0.2) is 66.9 Å². The number of aromatic amines is 1. The number of hydrogen-bond donors (Lipinski definition) is 1. The Labute approximate surface area is 176 Å². The van der Waals surface area contributed by atoms with E-state index in [-0.39, 0.29) is 5.91 Å². The lowest BCUT2D eigenvalue weighted by atomic mass is 9.89. The first-order valence-corrected chi connectivity index (χ1v) is 10.6. The third-order valence-electron chi connectivity index (χ3n) is 6.38. The third-order valence-corrected chi connectivity index (χ3v) is 6.38. The van der Waals surface area contributed by atoms with Crippen LogP contribution in [-0.2, 0) is 11.2 Å². The summed E-state index contributed by atoms with van der Waals surface area (Å²) in [7, 11) is 1.70. The van der Waals surface area contributed by atoms with E-state index < -0.39 is 0 Å². The number of likely N-dealkylation sites (tertiary alicyclic amines) is 1. The predicted octanol–water partition coefficient (Wildman–Crippen LogP) is 5.28. The summed E-state index contributed by atoms with van der Waals surface area (Å²) in [6.07, 6.45) is 4.59. The van der Waals surface area contributed by atoms with Crippen LogP contribution < -0.4 is 4.74 Å². The Morgan fingerprint density at radius 1 is 1.03 bits per heavy atom. The molecule has 1 aromatic heterocycles. The van der Waals surface area contributed by atoms with Crippen LogP contribution in [0.3, 0.4) is 0 Å². The molecule has 1 saturated heterocycles. The average Bonchev–Trinajstić information content (AvgIpc) is 3.22. The Morgan fingerprint density at radius 2 is 1.83 bits per heavy atom. The summed E-state index contributed by atoms with van der Waals surface area (Å²) in [6.45, 7) is 1.63. The Balaban J connectivity index is 1.25. The first kappa shape index (κ1) is 18.7. The highest BCUT2D eigenvalue weighted by Gasteiger charge is 2.25. The molecule has 1 aliphatic rings. The van der Waals surface area contributed by atoms with Gasteiger partial charge in [0.1, 0.15) is 5.75 Å². The number of aromatic nitrogens is 1. The van der Waals surface area contributed by atoms with Crippen molar-refractivity contribution in [3.8, 4) is 5.75 Å². The minimum absolute atomic E-state index is 0.226. The van der Waals surface area contributed by atoms with Crippen LogP contribution in [0.5, 0.6) is 5.75 Å². The maximum atomic E-state index is 12.9. The van der Waals surface area contributed by atoms with Crippen LogP contribution in [-0.4, -0.2) is 36.0 Å². The van der Waals surface area contributed by atoms with Crippen molar-refractivity contribution in [2.45, 2.75) is 25.2 Å². The standard InChI is InChI=1S/C26H26N2O2/c1-30-22-8-9-25-23(16-22)24(17-27-25)20-10-12-28(13-11-20)26(29)15-18-6-7-19-4-2-3-5-21(19)14-18/h2-9,14,16-17,20,27H,10-13,15H2,1H3. The van der Waals surface area contributed by atoms with Gasteiger partial charge in [0.25, 0.3) is 0 Å². The molecule has 1 fully saturated rings. The van der Waals surface area contributed by atoms with E-state index in [1.54, 1.807) is 7.11 Å².